The van der Waals surface area contributed by atoms with E-state index in [0.29, 0.717) is 25.7 Å². The third-order valence-electron chi connectivity index (χ3n) is 3.70. The summed E-state index contributed by atoms with van der Waals surface area (Å²) in [5.41, 5.74) is 6.30. The van der Waals surface area contributed by atoms with Gasteiger partial charge in [0.2, 0.25) is 0 Å². The van der Waals surface area contributed by atoms with E-state index in [1.807, 2.05) is 0 Å². The molecule has 0 amide bonds. The van der Waals surface area contributed by atoms with Gasteiger partial charge >= 0.3 is 0 Å². The van der Waals surface area contributed by atoms with Crippen LogP contribution in [0.5, 0.6) is 0 Å². The van der Waals surface area contributed by atoms with Crippen molar-refractivity contribution in [1.29, 1.82) is 0 Å². The van der Waals surface area contributed by atoms with E-state index in [-0.39, 0.29) is 5.54 Å². The smallest absolute Gasteiger partial charge is 0.0701 e. The molecule has 3 nitrogen and oxygen atoms in total. The summed E-state index contributed by atoms with van der Waals surface area (Å²) in [7, 11) is 0. The molecule has 0 bridgehead atoms. The Labute approximate surface area is 112 Å². The van der Waals surface area contributed by atoms with Gasteiger partial charge in [0, 0.05) is 12.1 Å². The fourth-order valence-corrected chi connectivity index (χ4v) is 2.39. The lowest BCUT2D eigenvalue weighted by Gasteiger charge is -2.27. The minimum absolute atomic E-state index is 0.0750. The van der Waals surface area contributed by atoms with E-state index in [1.165, 1.54) is 25.7 Å². The van der Waals surface area contributed by atoms with Crippen LogP contribution in [0, 0.1) is 5.92 Å². The van der Waals surface area contributed by atoms with E-state index >= 15 is 0 Å². The lowest BCUT2D eigenvalue weighted by atomic mass is 9.93. The molecule has 108 valence electrons. The average Bonchev–Trinajstić information content (AvgIpc) is 2.53. The topological polar surface area (TPSA) is 44.5 Å². The molecule has 0 aromatic heterocycles. The Balaban J connectivity index is 1.99. The summed E-state index contributed by atoms with van der Waals surface area (Å²) < 4.78 is 11.2. The normalized spacial score (nSPS) is 20.0. The van der Waals surface area contributed by atoms with E-state index in [0.717, 1.165) is 25.9 Å². The molecule has 2 N–H and O–H groups in total. The molecule has 0 radical (unpaired) electrons. The monoisotopic (exact) mass is 257 g/mol. The molecule has 1 fully saturated rings. The maximum atomic E-state index is 6.37. The molecule has 0 spiro atoms. The van der Waals surface area contributed by atoms with Gasteiger partial charge in [-0.3, -0.25) is 0 Å². The van der Waals surface area contributed by atoms with Crippen molar-refractivity contribution in [3.05, 3.63) is 0 Å². The molecular formula is C15H31NO2. The molecule has 0 aliphatic heterocycles. The van der Waals surface area contributed by atoms with Gasteiger partial charge in [-0.05, 0) is 25.2 Å². The van der Waals surface area contributed by atoms with Gasteiger partial charge in [-0.15, -0.1) is 0 Å². The van der Waals surface area contributed by atoms with Crippen molar-refractivity contribution in [1.82, 2.24) is 0 Å². The fraction of sp³-hybridized carbons (Fsp3) is 1.00. The summed E-state index contributed by atoms with van der Waals surface area (Å²) in [4.78, 5) is 0. The second-order valence-electron chi connectivity index (χ2n) is 6.12. The molecule has 18 heavy (non-hydrogen) atoms. The van der Waals surface area contributed by atoms with Crippen molar-refractivity contribution in [3.8, 4) is 0 Å². The van der Waals surface area contributed by atoms with Crippen LogP contribution < -0.4 is 5.73 Å². The molecule has 3 heteroatoms. The Morgan fingerprint density at radius 1 is 0.944 bits per heavy atom. The van der Waals surface area contributed by atoms with Crippen LogP contribution in [0.15, 0.2) is 0 Å². The molecule has 0 atom stereocenters. The first-order chi connectivity index (χ1) is 8.62. The molecule has 1 aliphatic rings. The maximum Gasteiger partial charge on any atom is 0.0701 e. The summed E-state index contributed by atoms with van der Waals surface area (Å²) in [6, 6.07) is 0. The third kappa shape index (κ3) is 7.34. The minimum atomic E-state index is -0.0750. The van der Waals surface area contributed by atoms with Crippen molar-refractivity contribution in [2.45, 2.75) is 64.3 Å². The van der Waals surface area contributed by atoms with Gasteiger partial charge in [-0.25, -0.2) is 0 Å². The Hall–Kier alpha value is -0.120. The average molecular weight is 257 g/mol. The second kappa shape index (κ2) is 8.89. The highest BCUT2D eigenvalue weighted by atomic mass is 16.5. The van der Waals surface area contributed by atoms with E-state index in [2.05, 4.69) is 13.8 Å². The summed E-state index contributed by atoms with van der Waals surface area (Å²) >= 11 is 0. The highest BCUT2D eigenvalue weighted by molar-refractivity contribution is 4.85. The van der Waals surface area contributed by atoms with E-state index in [9.17, 15) is 0 Å². The van der Waals surface area contributed by atoms with Gasteiger partial charge in [0.05, 0.1) is 19.8 Å². The second-order valence-corrected chi connectivity index (χ2v) is 6.12. The number of rotatable bonds is 8. The van der Waals surface area contributed by atoms with Crippen molar-refractivity contribution >= 4 is 0 Å². The van der Waals surface area contributed by atoms with E-state index in [4.69, 9.17) is 15.2 Å². The Morgan fingerprint density at radius 3 is 2.17 bits per heavy atom. The molecule has 0 saturated heterocycles. The zero-order valence-corrected chi connectivity index (χ0v) is 12.2. The van der Waals surface area contributed by atoms with Gasteiger partial charge in [-0.2, -0.15) is 0 Å². The quantitative estimate of drug-likeness (QED) is 0.537. The first-order valence-electron chi connectivity index (χ1n) is 7.57. The minimum Gasteiger partial charge on any atom is -0.379 e. The van der Waals surface area contributed by atoms with Crippen LogP contribution in [-0.2, 0) is 9.47 Å². The highest BCUT2D eigenvalue weighted by Crippen LogP contribution is 2.25. The van der Waals surface area contributed by atoms with Gasteiger partial charge in [0.1, 0.15) is 0 Å². The Morgan fingerprint density at radius 2 is 1.56 bits per heavy atom. The summed E-state index contributed by atoms with van der Waals surface area (Å²) in [5, 5.41) is 0. The summed E-state index contributed by atoms with van der Waals surface area (Å²) in [6.45, 7) is 7.34. The van der Waals surface area contributed by atoms with Crippen molar-refractivity contribution < 1.29 is 9.47 Å². The maximum absolute atomic E-state index is 6.37. The van der Waals surface area contributed by atoms with Crippen molar-refractivity contribution in [3.63, 3.8) is 0 Å². The van der Waals surface area contributed by atoms with Crippen LogP contribution in [0.25, 0.3) is 0 Å². The van der Waals surface area contributed by atoms with Crippen LogP contribution in [0.4, 0.5) is 0 Å². The van der Waals surface area contributed by atoms with E-state index < -0.39 is 0 Å². The molecule has 0 unspecified atom stereocenters. The Bertz CT molecular complexity index is 199. The zero-order valence-electron chi connectivity index (χ0n) is 12.2. The standard InChI is InChI=1S/C15H31NO2/c1-14(2)7-10-17-11-12-18-13-15(16)8-5-3-4-6-9-15/h14H,3-13,16H2,1-2H3. The molecule has 0 aromatic rings. The number of ether oxygens (including phenoxy) is 2. The molecule has 1 rings (SSSR count). The van der Waals surface area contributed by atoms with Crippen LogP contribution in [0.2, 0.25) is 0 Å². The number of nitrogens with two attached hydrogens (primary N) is 1. The lowest BCUT2D eigenvalue weighted by molar-refractivity contribution is 0.0215. The predicted octanol–water partition coefficient (Wildman–Crippen LogP) is 3.12. The number of hydrogen-bond donors (Lipinski definition) is 1. The van der Waals surface area contributed by atoms with Crippen LogP contribution in [-0.4, -0.2) is 32.0 Å². The fourth-order valence-electron chi connectivity index (χ4n) is 2.39. The van der Waals surface area contributed by atoms with Crippen molar-refractivity contribution in [2.24, 2.45) is 11.7 Å². The third-order valence-corrected chi connectivity index (χ3v) is 3.70. The van der Waals surface area contributed by atoms with Gasteiger partial charge in [0.25, 0.3) is 0 Å². The molecular weight excluding hydrogens is 226 g/mol. The summed E-state index contributed by atoms with van der Waals surface area (Å²) in [5.74, 6) is 0.712. The largest absolute Gasteiger partial charge is 0.379 e. The highest BCUT2D eigenvalue weighted by Gasteiger charge is 2.26. The Kier molecular flexibility index (Phi) is 7.87. The van der Waals surface area contributed by atoms with Crippen LogP contribution in [0.3, 0.4) is 0 Å². The lowest BCUT2D eigenvalue weighted by Crippen LogP contribution is -2.44. The van der Waals surface area contributed by atoms with E-state index in [1.54, 1.807) is 0 Å². The molecule has 1 saturated carbocycles. The van der Waals surface area contributed by atoms with Gasteiger partial charge in [0.15, 0.2) is 0 Å². The predicted molar refractivity (Wildman–Crippen MR) is 75.7 cm³/mol. The molecule has 0 aromatic carbocycles. The number of hydrogen-bond acceptors (Lipinski definition) is 3. The van der Waals surface area contributed by atoms with Gasteiger partial charge in [-0.1, -0.05) is 39.5 Å². The molecule has 0 heterocycles. The molecule has 1 aliphatic carbocycles. The van der Waals surface area contributed by atoms with Gasteiger partial charge < -0.3 is 15.2 Å². The first kappa shape index (κ1) is 15.9. The first-order valence-corrected chi connectivity index (χ1v) is 7.57. The zero-order chi connectivity index (χ0) is 13.3. The summed E-state index contributed by atoms with van der Waals surface area (Å²) in [6.07, 6.45) is 8.52. The van der Waals surface area contributed by atoms with Crippen LogP contribution in [0.1, 0.15) is 58.8 Å². The van der Waals surface area contributed by atoms with Crippen LogP contribution >= 0.6 is 0 Å². The van der Waals surface area contributed by atoms with Crippen molar-refractivity contribution in [2.75, 3.05) is 26.4 Å². The SMILES string of the molecule is CC(C)CCOCCOCC1(N)CCCCCC1.